The molecule has 4 rings (SSSR count). The predicted octanol–water partition coefficient (Wildman–Crippen LogP) is 6.07. The molecule has 0 aliphatic heterocycles. The molecule has 1 heterocycles. The van der Waals surface area contributed by atoms with Gasteiger partial charge in [-0.1, -0.05) is 35.9 Å². The van der Waals surface area contributed by atoms with Gasteiger partial charge in [0.1, 0.15) is 11.6 Å². The molecule has 1 aromatic heterocycles. The van der Waals surface area contributed by atoms with Crippen LogP contribution in [-0.2, 0) is 11.2 Å². The largest absolute Gasteiger partial charge is 0.493 e. The van der Waals surface area contributed by atoms with Crippen molar-refractivity contribution in [2.45, 2.75) is 39.0 Å². The molecule has 0 bridgehead atoms. The van der Waals surface area contributed by atoms with Gasteiger partial charge in [0.2, 0.25) is 0 Å². The van der Waals surface area contributed by atoms with E-state index in [0.29, 0.717) is 18.8 Å². The molecule has 0 unspecified atom stereocenters. The first kappa shape index (κ1) is 24.0. The zero-order valence-corrected chi connectivity index (χ0v) is 19.7. The van der Waals surface area contributed by atoms with Gasteiger partial charge in [-0.25, -0.2) is 9.78 Å². The summed E-state index contributed by atoms with van der Waals surface area (Å²) in [7, 11) is 0. The lowest BCUT2D eigenvalue weighted by molar-refractivity contribution is -0.113. The smallest absolute Gasteiger partial charge is 0.410 e. The molecule has 0 radical (unpaired) electrons. The van der Waals surface area contributed by atoms with Crippen LogP contribution in [0, 0.1) is 6.92 Å². The van der Waals surface area contributed by atoms with E-state index in [1.165, 1.54) is 5.56 Å². The third-order valence-electron chi connectivity index (χ3n) is 5.92. The molecule has 2 amide bonds. The number of aryl methyl sites for hydroxylation is 1. The summed E-state index contributed by atoms with van der Waals surface area (Å²) in [6.45, 7) is 2.45. The van der Waals surface area contributed by atoms with Gasteiger partial charge in [-0.3, -0.25) is 10.1 Å². The maximum atomic E-state index is 13.1. The van der Waals surface area contributed by atoms with Crippen LogP contribution < -0.4 is 15.4 Å². The molecule has 0 spiro atoms. The minimum Gasteiger partial charge on any atom is -0.493 e. The van der Waals surface area contributed by atoms with Crippen molar-refractivity contribution in [1.29, 1.82) is 0 Å². The third-order valence-corrected chi connectivity index (χ3v) is 5.92. The Hall–Kier alpha value is -4.13. The van der Waals surface area contributed by atoms with E-state index >= 15 is 0 Å². The number of allylic oxidation sites excluding steroid dienone is 1. The summed E-state index contributed by atoms with van der Waals surface area (Å²) in [6, 6.07) is 20.8. The minimum absolute atomic E-state index is 0.0464. The van der Waals surface area contributed by atoms with Crippen molar-refractivity contribution in [2.24, 2.45) is 0 Å². The van der Waals surface area contributed by atoms with Crippen LogP contribution >= 0.6 is 0 Å². The van der Waals surface area contributed by atoms with Crippen molar-refractivity contribution in [1.82, 2.24) is 4.98 Å². The van der Waals surface area contributed by atoms with E-state index in [0.717, 1.165) is 53.8 Å². The number of aromatic nitrogens is 1. The second-order valence-corrected chi connectivity index (χ2v) is 8.55. The lowest BCUT2D eigenvalue weighted by Crippen LogP contribution is -2.18. The maximum absolute atomic E-state index is 13.1. The van der Waals surface area contributed by atoms with Crippen molar-refractivity contribution in [3.05, 3.63) is 89.1 Å². The van der Waals surface area contributed by atoms with Crippen molar-refractivity contribution < 1.29 is 19.4 Å². The maximum Gasteiger partial charge on any atom is 0.410 e. The highest BCUT2D eigenvalue weighted by Crippen LogP contribution is 2.33. The lowest BCUT2D eigenvalue weighted by Gasteiger charge is -2.20. The lowest BCUT2D eigenvalue weighted by atomic mass is 9.86. The molecule has 0 fully saturated rings. The number of ether oxygens (including phenoxy) is 1. The number of hydrogen-bond acceptors (Lipinski definition) is 4. The van der Waals surface area contributed by atoms with Crippen LogP contribution in [0.15, 0.2) is 72.3 Å². The first-order chi connectivity index (χ1) is 17.0. The fraction of sp³-hybridized carbons (Fsp3) is 0.250. The molecule has 7 heteroatoms. The summed E-state index contributed by atoms with van der Waals surface area (Å²) in [5.74, 6) is 0.920. The normalized spacial score (nSPS) is 13.3. The number of hydrogen-bond donors (Lipinski definition) is 3. The fourth-order valence-corrected chi connectivity index (χ4v) is 4.14. The van der Waals surface area contributed by atoms with Gasteiger partial charge in [0.15, 0.2) is 0 Å². The molecule has 3 N–H and O–H groups in total. The van der Waals surface area contributed by atoms with Crippen molar-refractivity contribution in [3.63, 3.8) is 0 Å². The van der Waals surface area contributed by atoms with Gasteiger partial charge in [0.25, 0.3) is 5.91 Å². The molecular weight excluding hydrogens is 442 g/mol. The van der Waals surface area contributed by atoms with Crippen LogP contribution in [0.4, 0.5) is 16.3 Å². The van der Waals surface area contributed by atoms with Crippen molar-refractivity contribution >= 4 is 29.1 Å². The van der Waals surface area contributed by atoms with E-state index in [2.05, 4.69) is 46.8 Å². The number of carbonyl (C=O) groups excluding carboxylic acids is 1. The number of carboxylic acid groups (broad SMARTS) is 1. The average Bonchev–Trinajstić information content (AvgIpc) is 2.85. The van der Waals surface area contributed by atoms with Gasteiger partial charge in [-0.15, -0.1) is 0 Å². The Morgan fingerprint density at radius 3 is 2.43 bits per heavy atom. The van der Waals surface area contributed by atoms with Gasteiger partial charge >= 0.3 is 6.09 Å². The highest BCUT2D eigenvalue weighted by molar-refractivity contribution is 6.09. The van der Waals surface area contributed by atoms with Gasteiger partial charge < -0.3 is 15.2 Å². The van der Waals surface area contributed by atoms with Crippen LogP contribution in [0.5, 0.6) is 5.75 Å². The van der Waals surface area contributed by atoms with E-state index in [1.807, 2.05) is 30.3 Å². The molecule has 35 heavy (non-hydrogen) atoms. The molecule has 1 aliphatic carbocycles. The summed E-state index contributed by atoms with van der Waals surface area (Å²) in [4.78, 5) is 28.1. The molecule has 0 atom stereocenters. The van der Waals surface area contributed by atoms with E-state index in [1.54, 1.807) is 12.1 Å². The van der Waals surface area contributed by atoms with Crippen LogP contribution in [0.25, 0.3) is 5.57 Å². The first-order valence-electron chi connectivity index (χ1n) is 11.8. The molecule has 0 saturated heterocycles. The number of benzene rings is 2. The van der Waals surface area contributed by atoms with Crippen molar-refractivity contribution in [3.8, 4) is 5.75 Å². The van der Waals surface area contributed by atoms with Crippen LogP contribution in [-0.4, -0.2) is 28.7 Å². The summed E-state index contributed by atoms with van der Waals surface area (Å²) in [5, 5.41) is 14.1. The Morgan fingerprint density at radius 2 is 1.69 bits per heavy atom. The van der Waals surface area contributed by atoms with E-state index in [4.69, 9.17) is 9.84 Å². The zero-order valence-electron chi connectivity index (χ0n) is 19.7. The van der Waals surface area contributed by atoms with E-state index < -0.39 is 6.09 Å². The zero-order chi connectivity index (χ0) is 24.6. The third kappa shape index (κ3) is 6.69. The van der Waals surface area contributed by atoms with E-state index in [-0.39, 0.29) is 11.7 Å². The molecule has 3 aromatic rings. The van der Waals surface area contributed by atoms with Crippen LogP contribution in [0.1, 0.15) is 42.5 Å². The summed E-state index contributed by atoms with van der Waals surface area (Å²) in [5.41, 5.74) is 5.79. The molecular formula is C28H29N3O4. The van der Waals surface area contributed by atoms with Crippen molar-refractivity contribution in [2.75, 3.05) is 17.2 Å². The van der Waals surface area contributed by atoms with Gasteiger partial charge in [0.05, 0.1) is 6.61 Å². The minimum atomic E-state index is -1.15. The number of amides is 2. The number of rotatable bonds is 8. The molecule has 2 aromatic carbocycles. The topological polar surface area (TPSA) is 101 Å². The standard InChI is InChI=1S/C28H29N3O4/c1-19-9-11-20(12-10-19)24-6-2-3-7-25(24)27(32)30-22-13-15-23(16-14-22)35-18-17-21-5-4-8-26(29-21)31-28(33)34/h4-5,8-16H,2-3,6-7,17-18H2,1H3,(H,29,31)(H,30,32)(H,33,34). The Bertz CT molecular complexity index is 1220. The monoisotopic (exact) mass is 471 g/mol. The number of anilines is 2. The summed E-state index contributed by atoms with van der Waals surface area (Å²) in [6.07, 6.45) is 3.21. The second-order valence-electron chi connectivity index (χ2n) is 8.55. The average molecular weight is 472 g/mol. The number of nitrogens with one attached hydrogen (secondary N) is 2. The Kier molecular flexibility index (Phi) is 7.77. The molecule has 7 nitrogen and oxygen atoms in total. The number of nitrogens with zero attached hydrogens (tertiary/aromatic N) is 1. The predicted molar refractivity (Wildman–Crippen MR) is 137 cm³/mol. The SMILES string of the molecule is Cc1ccc(C2=C(C(=O)Nc3ccc(OCCc4cccc(NC(=O)O)n4)cc3)CCCC2)cc1. The number of pyridine rings is 1. The van der Waals surface area contributed by atoms with Gasteiger partial charge in [-0.05, 0) is 80.1 Å². The molecule has 0 saturated carbocycles. The summed E-state index contributed by atoms with van der Waals surface area (Å²) >= 11 is 0. The van der Waals surface area contributed by atoms with Crippen LogP contribution in [0.2, 0.25) is 0 Å². The molecule has 180 valence electrons. The highest BCUT2D eigenvalue weighted by atomic mass is 16.5. The quantitative estimate of drug-likeness (QED) is 0.370. The second kappa shape index (κ2) is 11.3. The van der Waals surface area contributed by atoms with Crippen LogP contribution in [0.3, 0.4) is 0 Å². The van der Waals surface area contributed by atoms with E-state index in [9.17, 15) is 9.59 Å². The first-order valence-corrected chi connectivity index (χ1v) is 11.8. The Labute approximate surface area is 204 Å². The Balaban J connectivity index is 1.34. The van der Waals surface area contributed by atoms with Gasteiger partial charge in [-0.2, -0.15) is 0 Å². The Morgan fingerprint density at radius 1 is 0.943 bits per heavy atom. The number of carbonyl (C=O) groups is 2. The fourth-order valence-electron chi connectivity index (χ4n) is 4.14. The molecule has 1 aliphatic rings. The highest BCUT2D eigenvalue weighted by Gasteiger charge is 2.20. The van der Waals surface area contributed by atoms with Gasteiger partial charge in [0, 0.05) is 23.4 Å². The summed E-state index contributed by atoms with van der Waals surface area (Å²) < 4.78 is 5.79.